The summed E-state index contributed by atoms with van der Waals surface area (Å²) in [6.45, 7) is 2.00. The van der Waals surface area contributed by atoms with Gasteiger partial charge in [-0.3, -0.25) is 24.2 Å². The highest BCUT2D eigenvalue weighted by molar-refractivity contribution is 6.24. The van der Waals surface area contributed by atoms with E-state index in [9.17, 15) is 40.1 Å². The van der Waals surface area contributed by atoms with E-state index in [1.807, 2.05) is 0 Å². The molecule has 0 aromatic heterocycles. The number of Topliss-reactive ketones (excluding diaryl/α,β-unsaturated/α-hetero) is 2. The fraction of sp³-hybridized carbons (Fsp3) is 0.500. The van der Waals surface area contributed by atoms with Gasteiger partial charge in [0.1, 0.15) is 22.8 Å². The molecule has 0 bridgehead atoms. The Balaban J connectivity index is 1.60. The summed E-state index contributed by atoms with van der Waals surface area (Å²) < 4.78 is 0. The summed E-state index contributed by atoms with van der Waals surface area (Å²) in [4.78, 5) is 42.9. The Labute approximate surface area is 225 Å². The number of ketones is 2. The predicted molar refractivity (Wildman–Crippen MR) is 138 cm³/mol. The van der Waals surface area contributed by atoms with Gasteiger partial charge in [0.25, 0.3) is 5.91 Å². The van der Waals surface area contributed by atoms with Crippen molar-refractivity contribution in [1.82, 2.24) is 9.80 Å². The highest BCUT2D eigenvalue weighted by atomic mass is 16.3. The molecule has 39 heavy (non-hydrogen) atoms. The van der Waals surface area contributed by atoms with Crippen LogP contribution in [0.15, 0.2) is 29.0 Å². The summed E-state index contributed by atoms with van der Waals surface area (Å²) >= 11 is 0. The number of phenolic OH excluding ortho intramolecular Hbond substituents is 1. The lowest BCUT2D eigenvalue weighted by Crippen LogP contribution is -2.65. The number of rotatable bonds is 4. The Morgan fingerprint density at radius 1 is 1.21 bits per heavy atom. The summed E-state index contributed by atoms with van der Waals surface area (Å²) in [6.07, 6.45) is 1.82. The Morgan fingerprint density at radius 3 is 2.46 bits per heavy atom. The number of amides is 1. The summed E-state index contributed by atoms with van der Waals surface area (Å²) in [5.41, 5.74) is 3.33. The van der Waals surface area contributed by atoms with E-state index in [1.54, 1.807) is 20.2 Å². The SMILES string of the molecule is CN(C)[C@@H]1C(=O)C(C(N)=O)=C(O)[C@@]2(O)C(=O)C3=C(O)c4c(O)ccc(CN5CCC(C#N)CC5)c4C[C@H]3C[C@@H]12. The van der Waals surface area contributed by atoms with Crippen molar-refractivity contribution in [3.63, 3.8) is 0 Å². The number of likely N-dealkylation sites (tertiary alicyclic amines) is 1. The van der Waals surface area contributed by atoms with Crippen molar-refractivity contribution in [2.45, 2.75) is 43.9 Å². The number of hydrogen-bond acceptors (Lipinski definition) is 10. The molecule has 5 rings (SSSR count). The van der Waals surface area contributed by atoms with Crippen LogP contribution in [0, 0.1) is 29.1 Å². The van der Waals surface area contributed by atoms with Crippen molar-refractivity contribution in [3.05, 3.63) is 45.7 Å². The minimum Gasteiger partial charge on any atom is -0.508 e. The van der Waals surface area contributed by atoms with E-state index in [1.165, 1.54) is 11.0 Å². The van der Waals surface area contributed by atoms with Crippen molar-refractivity contribution in [2.75, 3.05) is 27.2 Å². The molecule has 1 aromatic carbocycles. The van der Waals surface area contributed by atoms with Crippen LogP contribution in [0.4, 0.5) is 0 Å². The maximum absolute atomic E-state index is 13.9. The topological polar surface area (TPSA) is 188 Å². The van der Waals surface area contributed by atoms with Gasteiger partial charge in [-0.05, 0) is 76.0 Å². The first-order chi connectivity index (χ1) is 18.4. The van der Waals surface area contributed by atoms with E-state index in [0.29, 0.717) is 12.1 Å². The minimum atomic E-state index is -2.65. The summed E-state index contributed by atoms with van der Waals surface area (Å²) in [7, 11) is 3.14. The molecule has 3 aliphatic carbocycles. The van der Waals surface area contributed by atoms with Gasteiger partial charge in [-0.25, -0.2) is 0 Å². The Bertz CT molecular complexity index is 1380. The Morgan fingerprint density at radius 2 is 1.87 bits per heavy atom. The predicted octanol–water partition coefficient (Wildman–Crippen LogP) is 0.700. The number of carbonyl (C=O) groups excluding carboxylic acids is 3. The van der Waals surface area contributed by atoms with Crippen molar-refractivity contribution in [3.8, 4) is 11.8 Å². The van der Waals surface area contributed by atoms with Crippen LogP contribution in [-0.4, -0.2) is 86.5 Å². The van der Waals surface area contributed by atoms with Gasteiger partial charge in [0.2, 0.25) is 5.78 Å². The number of aromatic hydroxyl groups is 1. The van der Waals surface area contributed by atoms with E-state index in [4.69, 9.17) is 5.73 Å². The van der Waals surface area contributed by atoms with Crippen LogP contribution in [0.25, 0.3) is 5.76 Å². The van der Waals surface area contributed by atoms with Gasteiger partial charge in [-0.15, -0.1) is 0 Å². The largest absolute Gasteiger partial charge is 0.508 e. The zero-order chi connectivity index (χ0) is 28.4. The molecule has 11 nitrogen and oxygen atoms in total. The van der Waals surface area contributed by atoms with Gasteiger partial charge >= 0.3 is 0 Å². The first kappa shape index (κ1) is 26.9. The molecule has 0 spiro atoms. The molecule has 1 aromatic rings. The molecule has 1 amide bonds. The number of hydrogen-bond donors (Lipinski definition) is 5. The number of benzene rings is 1. The molecule has 2 fully saturated rings. The first-order valence-corrected chi connectivity index (χ1v) is 13.0. The second-order valence-electron chi connectivity index (χ2n) is 11.2. The van der Waals surface area contributed by atoms with E-state index < -0.39 is 58.0 Å². The van der Waals surface area contributed by atoms with Crippen LogP contribution in [0.5, 0.6) is 5.75 Å². The van der Waals surface area contributed by atoms with Crippen molar-refractivity contribution >= 4 is 23.2 Å². The lowest BCUT2D eigenvalue weighted by Gasteiger charge is -2.50. The highest BCUT2D eigenvalue weighted by Crippen LogP contribution is 2.53. The molecule has 4 atom stereocenters. The highest BCUT2D eigenvalue weighted by Gasteiger charge is 2.64. The number of phenols is 1. The summed E-state index contributed by atoms with van der Waals surface area (Å²) in [5, 5.41) is 53.9. The van der Waals surface area contributed by atoms with Crippen molar-refractivity contribution < 1.29 is 34.8 Å². The van der Waals surface area contributed by atoms with Crippen molar-refractivity contribution in [1.29, 1.82) is 5.26 Å². The van der Waals surface area contributed by atoms with Crippen LogP contribution in [0.2, 0.25) is 0 Å². The smallest absolute Gasteiger partial charge is 0.255 e. The van der Waals surface area contributed by atoms with Crippen LogP contribution >= 0.6 is 0 Å². The second-order valence-corrected chi connectivity index (χ2v) is 11.2. The van der Waals surface area contributed by atoms with Gasteiger partial charge in [0.15, 0.2) is 11.4 Å². The molecule has 1 heterocycles. The van der Waals surface area contributed by atoms with Gasteiger partial charge in [-0.1, -0.05) is 6.07 Å². The fourth-order valence-electron chi connectivity index (χ4n) is 6.92. The van der Waals surface area contributed by atoms with E-state index in [0.717, 1.165) is 31.5 Å². The van der Waals surface area contributed by atoms with Crippen LogP contribution in [0.3, 0.4) is 0 Å². The monoisotopic (exact) mass is 536 g/mol. The normalized spacial score (nSPS) is 29.7. The van der Waals surface area contributed by atoms with Gasteiger partial charge in [0, 0.05) is 24.0 Å². The number of nitrogens with zero attached hydrogens (tertiary/aromatic N) is 3. The molecular formula is C28H32N4O7. The number of nitriles is 1. The number of aliphatic hydroxyl groups excluding tert-OH is 2. The number of likely N-dealkylation sites (N-methyl/N-ethyl adjacent to an activating group) is 1. The number of aliphatic hydroxyl groups is 3. The molecule has 0 unspecified atom stereocenters. The number of nitrogens with two attached hydrogens (primary N) is 1. The molecule has 6 N–H and O–H groups in total. The average Bonchev–Trinajstić information content (AvgIpc) is 2.88. The van der Waals surface area contributed by atoms with Gasteiger partial charge < -0.3 is 26.2 Å². The van der Waals surface area contributed by atoms with Gasteiger partial charge in [0.05, 0.1) is 17.7 Å². The Kier molecular flexibility index (Phi) is 6.53. The quantitative estimate of drug-likeness (QED) is 0.343. The molecule has 4 aliphatic rings. The molecule has 1 saturated carbocycles. The average molecular weight is 537 g/mol. The first-order valence-electron chi connectivity index (χ1n) is 13.0. The Hall–Kier alpha value is -3.72. The molecule has 1 saturated heterocycles. The summed E-state index contributed by atoms with van der Waals surface area (Å²) in [6, 6.07) is 4.42. The third-order valence-corrected chi connectivity index (χ3v) is 8.87. The van der Waals surface area contributed by atoms with Crippen molar-refractivity contribution in [2.24, 2.45) is 23.5 Å². The summed E-state index contributed by atoms with van der Waals surface area (Å²) in [5.74, 6) is -6.58. The van der Waals surface area contributed by atoms with Crippen LogP contribution in [-0.2, 0) is 27.3 Å². The zero-order valence-corrected chi connectivity index (χ0v) is 21.8. The minimum absolute atomic E-state index is 0.0277. The number of piperidine rings is 1. The molecule has 1 aliphatic heterocycles. The third-order valence-electron chi connectivity index (χ3n) is 8.87. The molecule has 206 valence electrons. The molecule has 11 heteroatoms. The van der Waals surface area contributed by atoms with E-state index in [2.05, 4.69) is 11.0 Å². The lowest BCUT2D eigenvalue weighted by molar-refractivity contribution is -0.153. The van der Waals surface area contributed by atoms with Crippen LogP contribution in [0.1, 0.15) is 36.0 Å². The molecular weight excluding hydrogens is 504 g/mol. The number of fused-ring (bicyclic) bond motifs is 3. The van der Waals surface area contributed by atoms with E-state index >= 15 is 0 Å². The fourth-order valence-corrected chi connectivity index (χ4v) is 6.92. The third kappa shape index (κ3) is 3.93. The lowest BCUT2D eigenvalue weighted by atomic mass is 9.57. The molecule has 0 radical (unpaired) electrons. The maximum atomic E-state index is 13.9. The second kappa shape index (κ2) is 9.48. The van der Waals surface area contributed by atoms with Crippen LogP contribution < -0.4 is 5.73 Å². The number of primary amides is 1. The van der Waals surface area contributed by atoms with Gasteiger partial charge in [-0.2, -0.15) is 5.26 Å². The zero-order valence-electron chi connectivity index (χ0n) is 21.8. The standard InChI is InChI=1S/C28H32N4O7/c1-31(2)22-17-10-15-9-16-14(12-32-7-5-13(11-29)6-8-32)3-4-18(33)20(16)23(34)19(15)25(36)28(17,39)26(37)21(24(22)35)27(30)38/h3-4,13,15,17,22,33-34,37,39H,5-10,12H2,1-2H3,(H2,30,38)/t15-,17-,22-,28-/m0/s1. The maximum Gasteiger partial charge on any atom is 0.255 e. The number of carbonyl (C=O) groups is 3. The van der Waals surface area contributed by atoms with E-state index in [-0.39, 0.29) is 35.6 Å².